The van der Waals surface area contributed by atoms with Crippen LogP contribution < -0.4 is 14.2 Å². The molecule has 0 saturated heterocycles. The zero-order chi connectivity index (χ0) is 11.4. The Hall–Kier alpha value is -1.98. The van der Waals surface area contributed by atoms with Crippen molar-refractivity contribution < 1.29 is 19.1 Å². The molecule has 0 radical (unpaired) electrons. The highest BCUT2D eigenvalue weighted by Crippen LogP contribution is 2.43. The van der Waals surface area contributed by atoms with Crippen LogP contribution in [0.5, 0.6) is 17.2 Å². The van der Waals surface area contributed by atoms with Crippen molar-refractivity contribution in [1.29, 1.82) is 0 Å². The summed E-state index contributed by atoms with van der Waals surface area (Å²) in [6.45, 7) is 0. The predicted molar refractivity (Wildman–Crippen MR) is 52.8 cm³/mol. The van der Waals surface area contributed by atoms with Gasteiger partial charge in [0.25, 0.3) is 0 Å². The van der Waals surface area contributed by atoms with E-state index in [2.05, 4.69) is 0 Å². The number of hydrogen-bond donors (Lipinski definition) is 0. The molecule has 1 aromatic carbocycles. The van der Waals surface area contributed by atoms with Crippen LogP contribution >= 0.6 is 0 Å². The van der Waals surface area contributed by atoms with Gasteiger partial charge in [-0.1, -0.05) is 0 Å². The normalized spacial score (nSPS) is 9.53. The van der Waals surface area contributed by atoms with E-state index in [1.807, 2.05) is 0 Å². The van der Waals surface area contributed by atoms with Gasteiger partial charge in [0.1, 0.15) is 0 Å². The van der Waals surface area contributed by atoms with E-state index in [4.69, 9.17) is 14.2 Å². The van der Waals surface area contributed by atoms with E-state index in [1.165, 1.54) is 27.4 Å². The highest BCUT2D eigenvalue weighted by atomic mass is 16.6. The average molecular weight is 213 g/mol. The molecule has 1 aromatic rings. The van der Waals surface area contributed by atoms with Crippen molar-refractivity contribution >= 4 is 5.69 Å². The lowest BCUT2D eigenvalue weighted by molar-refractivity contribution is -0.386. The maximum atomic E-state index is 10.8. The lowest BCUT2D eigenvalue weighted by Gasteiger charge is -2.09. The molecule has 0 N–H and O–H groups in total. The second-order valence-corrected chi connectivity index (χ2v) is 2.61. The van der Waals surface area contributed by atoms with Gasteiger partial charge in [0.15, 0.2) is 5.75 Å². The number of nitro benzene ring substituents is 1. The van der Waals surface area contributed by atoms with Crippen LogP contribution in [0.25, 0.3) is 0 Å². The minimum atomic E-state index is -0.569. The van der Waals surface area contributed by atoms with Gasteiger partial charge in [-0.05, 0) is 12.1 Å². The van der Waals surface area contributed by atoms with E-state index in [9.17, 15) is 10.1 Å². The van der Waals surface area contributed by atoms with Crippen molar-refractivity contribution in [3.8, 4) is 17.2 Å². The van der Waals surface area contributed by atoms with Gasteiger partial charge >= 0.3 is 5.69 Å². The second kappa shape index (κ2) is 4.50. The van der Waals surface area contributed by atoms with Crippen molar-refractivity contribution in [1.82, 2.24) is 0 Å². The monoisotopic (exact) mass is 213 g/mol. The molecular weight excluding hydrogens is 202 g/mol. The highest BCUT2D eigenvalue weighted by molar-refractivity contribution is 5.63. The van der Waals surface area contributed by atoms with Crippen molar-refractivity contribution in [3.05, 3.63) is 22.2 Å². The van der Waals surface area contributed by atoms with Gasteiger partial charge in [0.05, 0.1) is 26.3 Å². The second-order valence-electron chi connectivity index (χ2n) is 2.61. The summed E-state index contributed by atoms with van der Waals surface area (Å²) in [7, 11) is 4.10. The van der Waals surface area contributed by atoms with Crippen LogP contribution in [-0.4, -0.2) is 26.3 Å². The Morgan fingerprint density at radius 1 is 1.07 bits per heavy atom. The SMILES string of the molecule is COc1ccc(OC)c([N+](=O)[O-])c1OC. The quantitative estimate of drug-likeness (QED) is 0.561. The molecule has 0 aliphatic rings. The van der Waals surface area contributed by atoms with Crippen molar-refractivity contribution in [2.24, 2.45) is 0 Å². The van der Waals surface area contributed by atoms with Gasteiger partial charge in [0, 0.05) is 0 Å². The molecule has 0 aliphatic carbocycles. The Morgan fingerprint density at radius 2 is 1.60 bits per heavy atom. The van der Waals surface area contributed by atoms with Crippen LogP contribution in [0.4, 0.5) is 5.69 Å². The molecule has 0 heterocycles. The molecular formula is C9H11NO5. The first kappa shape index (κ1) is 11.1. The number of methoxy groups -OCH3 is 3. The summed E-state index contributed by atoms with van der Waals surface area (Å²) in [6, 6.07) is 3.00. The summed E-state index contributed by atoms with van der Waals surface area (Å²) >= 11 is 0. The van der Waals surface area contributed by atoms with E-state index >= 15 is 0 Å². The van der Waals surface area contributed by atoms with Gasteiger partial charge in [-0.25, -0.2) is 0 Å². The number of rotatable bonds is 4. The Bertz CT molecular complexity index is 377. The molecule has 0 spiro atoms. The number of benzene rings is 1. The Balaban J connectivity index is 3.44. The smallest absolute Gasteiger partial charge is 0.356 e. The van der Waals surface area contributed by atoms with Gasteiger partial charge in [-0.2, -0.15) is 0 Å². The molecule has 1 rings (SSSR count). The molecule has 0 aromatic heterocycles. The minimum absolute atomic E-state index is 0.0573. The van der Waals surface area contributed by atoms with E-state index in [-0.39, 0.29) is 17.2 Å². The fraction of sp³-hybridized carbons (Fsp3) is 0.333. The Labute approximate surface area is 86.5 Å². The fourth-order valence-electron chi connectivity index (χ4n) is 1.23. The van der Waals surface area contributed by atoms with E-state index in [1.54, 1.807) is 6.07 Å². The summed E-state index contributed by atoms with van der Waals surface area (Å²) in [5.74, 6) is 0.490. The van der Waals surface area contributed by atoms with E-state index in [0.717, 1.165) is 0 Å². The van der Waals surface area contributed by atoms with Crippen LogP contribution in [0.2, 0.25) is 0 Å². The van der Waals surface area contributed by atoms with Crippen LogP contribution in [0.15, 0.2) is 12.1 Å². The fourth-order valence-corrected chi connectivity index (χ4v) is 1.23. The third-order valence-electron chi connectivity index (χ3n) is 1.88. The molecule has 0 fully saturated rings. The molecule has 0 unspecified atom stereocenters. The lowest BCUT2D eigenvalue weighted by atomic mass is 10.2. The number of nitro groups is 1. The summed E-state index contributed by atoms with van der Waals surface area (Å²) in [6.07, 6.45) is 0. The van der Waals surface area contributed by atoms with Crippen LogP contribution in [-0.2, 0) is 0 Å². The average Bonchev–Trinajstić information content (AvgIpc) is 2.26. The van der Waals surface area contributed by atoms with Crippen LogP contribution in [0.3, 0.4) is 0 Å². The zero-order valence-electron chi connectivity index (χ0n) is 8.64. The highest BCUT2D eigenvalue weighted by Gasteiger charge is 2.25. The van der Waals surface area contributed by atoms with Gasteiger partial charge < -0.3 is 14.2 Å². The molecule has 15 heavy (non-hydrogen) atoms. The number of nitrogens with zero attached hydrogens (tertiary/aromatic N) is 1. The number of ether oxygens (including phenoxy) is 3. The van der Waals surface area contributed by atoms with Gasteiger partial charge in [-0.15, -0.1) is 0 Å². The summed E-state index contributed by atoms with van der Waals surface area (Å²) < 4.78 is 14.7. The molecule has 0 aliphatic heterocycles. The summed E-state index contributed by atoms with van der Waals surface area (Å²) in [5.41, 5.74) is -0.237. The topological polar surface area (TPSA) is 70.8 Å². The Kier molecular flexibility index (Phi) is 3.33. The van der Waals surface area contributed by atoms with Crippen LogP contribution in [0.1, 0.15) is 0 Å². The van der Waals surface area contributed by atoms with Gasteiger partial charge in [0.2, 0.25) is 11.5 Å². The maximum absolute atomic E-state index is 10.8. The molecule has 0 saturated carbocycles. The van der Waals surface area contributed by atoms with Gasteiger partial charge in [-0.3, -0.25) is 10.1 Å². The molecule has 0 amide bonds. The molecule has 6 nitrogen and oxygen atoms in total. The van der Waals surface area contributed by atoms with Crippen LogP contribution in [0, 0.1) is 10.1 Å². The van der Waals surface area contributed by atoms with E-state index in [0.29, 0.717) is 5.75 Å². The Morgan fingerprint density at radius 3 is 2.00 bits per heavy atom. The summed E-state index contributed by atoms with van der Waals surface area (Å²) in [5, 5.41) is 10.8. The first-order valence-electron chi connectivity index (χ1n) is 4.09. The number of hydrogen-bond acceptors (Lipinski definition) is 5. The summed E-state index contributed by atoms with van der Waals surface area (Å²) in [4.78, 5) is 10.2. The minimum Gasteiger partial charge on any atom is -0.493 e. The zero-order valence-corrected chi connectivity index (χ0v) is 8.64. The van der Waals surface area contributed by atoms with Crippen molar-refractivity contribution in [3.63, 3.8) is 0 Å². The molecule has 0 bridgehead atoms. The molecule has 6 heteroatoms. The molecule has 82 valence electrons. The largest absolute Gasteiger partial charge is 0.493 e. The standard InChI is InChI=1S/C9H11NO5/c1-13-6-4-5-7(14-2)9(15-3)8(6)10(11)12/h4-5H,1-3H3. The maximum Gasteiger partial charge on any atom is 0.356 e. The predicted octanol–water partition coefficient (Wildman–Crippen LogP) is 1.62. The lowest BCUT2D eigenvalue weighted by Crippen LogP contribution is -1.99. The molecule has 0 atom stereocenters. The third-order valence-corrected chi connectivity index (χ3v) is 1.88. The van der Waals surface area contributed by atoms with Crippen molar-refractivity contribution in [2.75, 3.05) is 21.3 Å². The van der Waals surface area contributed by atoms with Crippen molar-refractivity contribution in [2.45, 2.75) is 0 Å². The van der Waals surface area contributed by atoms with E-state index < -0.39 is 4.92 Å². The first-order chi connectivity index (χ1) is 7.15. The third kappa shape index (κ3) is 1.93. The first-order valence-corrected chi connectivity index (χ1v) is 4.09.